The third kappa shape index (κ3) is 2.34. The average molecular weight is 246 g/mol. The lowest BCUT2D eigenvalue weighted by Crippen LogP contribution is -2.32. The first-order valence-corrected chi connectivity index (χ1v) is 6.63. The van der Waals surface area contributed by atoms with Crippen molar-refractivity contribution < 1.29 is 9.52 Å². The summed E-state index contributed by atoms with van der Waals surface area (Å²) in [4.78, 5) is 4.38. The lowest BCUT2D eigenvalue weighted by molar-refractivity contribution is 0.143. The predicted octanol–water partition coefficient (Wildman–Crippen LogP) is 2.93. The van der Waals surface area contributed by atoms with Crippen molar-refractivity contribution in [1.29, 1.82) is 0 Å². The Kier molecular flexibility index (Phi) is 3.19. The van der Waals surface area contributed by atoms with Crippen LogP contribution in [0.25, 0.3) is 11.1 Å². The number of benzene rings is 1. The minimum absolute atomic E-state index is 0.0561. The van der Waals surface area contributed by atoms with Gasteiger partial charge in [0.05, 0.1) is 12.1 Å². The maximum absolute atomic E-state index is 10.1. The Labute approximate surface area is 106 Å². The van der Waals surface area contributed by atoms with Crippen LogP contribution < -0.4 is 5.32 Å². The van der Waals surface area contributed by atoms with Crippen LogP contribution in [0.4, 0.5) is 6.01 Å². The van der Waals surface area contributed by atoms with Crippen molar-refractivity contribution in [1.82, 2.24) is 4.98 Å². The molecule has 2 N–H and O–H groups in total. The number of nitrogens with one attached hydrogen (secondary N) is 1. The molecule has 0 amide bonds. The highest BCUT2D eigenvalue weighted by Crippen LogP contribution is 2.23. The van der Waals surface area contributed by atoms with Crippen LogP contribution in [0, 0.1) is 0 Å². The molecule has 4 heteroatoms. The number of aromatic nitrogens is 1. The minimum Gasteiger partial charge on any atom is -0.424 e. The van der Waals surface area contributed by atoms with E-state index in [1.807, 2.05) is 24.3 Å². The van der Waals surface area contributed by atoms with Crippen molar-refractivity contribution in [2.24, 2.45) is 0 Å². The van der Waals surface area contributed by atoms with Crippen molar-refractivity contribution in [2.45, 2.75) is 44.2 Å². The summed E-state index contributed by atoms with van der Waals surface area (Å²) < 4.78 is 5.63. The topological polar surface area (TPSA) is 58.3 Å². The monoisotopic (exact) mass is 246 g/mol. The van der Waals surface area contributed by atoms with E-state index in [9.17, 15) is 5.11 Å². The molecule has 1 aliphatic rings. The SMILES string of the molecule is OC1CCCCCC1Nc1nc2ccccc2o1. The quantitative estimate of drug-likeness (QED) is 0.800. The van der Waals surface area contributed by atoms with Crippen LogP contribution in [0.1, 0.15) is 32.1 Å². The van der Waals surface area contributed by atoms with Gasteiger partial charge in [0.2, 0.25) is 0 Å². The van der Waals surface area contributed by atoms with Gasteiger partial charge >= 0.3 is 0 Å². The average Bonchev–Trinajstić information content (AvgIpc) is 2.68. The highest BCUT2D eigenvalue weighted by molar-refractivity contribution is 5.74. The molecule has 1 aliphatic carbocycles. The number of hydrogen-bond acceptors (Lipinski definition) is 4. The van der Waals surface area contributed by atoms with Gasteiger partial charge in [-0.15, -0.1) is 0 Å². The van der Waals surface area contributed by atoms with E-state index in [0.717, 1.165) is 36.8 Å². The molecule has 1 fully saturated rings. The van der Waals surface area contributed by atoms with Crippen molar-refractivity contribution in [3.63, 3.8) is 0 Å². The fraction of sp³-hybridized carbons (Fsp3) is 0.500. The molecule has 0 spiro atoms. The summed E-state index contributed by atoms with van der Waals surface area (Å²) in [7, 11) is 0. The first-order valence-electron chi connectivity index (χ1n) is 6.63. The van der Waals surface area contributed by atoms with E-state index in [4.69, 9.17) is 4.42 Å². The van der Waals surface area contributed by atoms with E-state index in [-0.39, 0.29) is 12.1 Å². The van der Waals surface area contributed by atoms with Crippen molar-refractivity contribution >= 4 is 17.1 Å². The van der Waals surface area contributed by atoms with Gasteiger partial charge in [0.15, 0.2) is 5.58 Å². The van der Waals surface area contributed by atoms with Gasteiger partial charge < -0.3 is 14.8 Å². The summed E-state index contributed by atoms with van der Waals surface area (Å²) in [6, 6.07) is 8.26. The Morgan fingerprint density at radius 3 is 2.89 bits per heavy atom. The number of nitrogens with zero attached hydrogens (tertiary/aromatic N) is 1. The molecule has 0 radical (unpaired) electrons. The molecule has 3 rings (SSSR count). The van der Waals surface area contributed by atoms with Gasteiger partial charge in [0.1, 0.15) is 5.52 Å². The standard InChI is InChI=1S/C14H18N2O2/c17-12-8-3-1-2-6-10(12)15-14-16-11-7-4-5-9-13(11)18-14/h4-5,7,9-10,12,17H,1-3,6,8H2,(H,15,16). The maximum Gasteiger partial charge on any atom is 0.295 e. The molecule has 96 valence electrons. The van der Waals surface area contributed by atoms with E-state index >= 15 is 0 Å². The first-order chi connectivity index (χ1) is 8.83. The van der Waals surface area contributed by atoms with Crippen LogP contribution in [-0.4, -0.2) is 22.2 Å². The van der Waals surface area contributed by atoms with Crippen LogP contribution in [0.15, 0.2) is 28.7 Å². The van der Waals surface area contributed by atoms with Gasteiger partial charge in [0, 0.05) is 0 Å². The van der Waals surface area contributed by atoms with Crippen LogP contribution in [0.2, 0.25) is 0 Å². The summed E-state index contributed by atoms with van der Waals surface area (Å²) in [5.74, 6) is 0. The lowest BCUT2D eigenvalue weighted by Gasteiger charge is -2.20. The van der Waals surface area contributed by atoms with Gasteiger partial charge in [-0.1, -0.05) is 31.4 Å². The summed E-state index contributed by atoms with van der Waals surface area (Å²) in [6.07, 6.45) is 4.98. The van der Waals surface area contributed by atoms with Crippen molar-refractivity contribution in [3.05, 3.63) is 24.3 Å². The van der Waals surface area contributed by atoms with E-state index in [0.29, 0.717) is 6.01 Å². The maximum atomic E-state index is 10.1. The molecular weight excluding hydrogens is 228 g/mol. The Hall–Kier alpha value is -1.55. The van der Waals surface area contributed by atoms with Gasteiger partial charge in [-0.2, -0.15) is 4.98 Å². The second-order valence-corrected chi connectivity index (χ2v) is 4.94. The summed E-state index contributed by atoms with van der Waals surface area (Å²) in [5.41, 5.74) is 1.63. The Morgan fingerprint density at radius 2 is 2.00 bits per heavy atom. The molecule has 1 saturated carbocycles. The molecule has 4 nitrogen and oxygen atoms in total. The number of aliphatic hydroxyl groups is 1. The van der Waals surface area contributed by atoms with Gasteiger partial charge in [-0.3, -0.25) is 0 Å². The molecule has 0 saturated heterocycles. The Bertz CT molecular complexity index is 490. The minimum atomic E-state index is -0.303. The number of rotatable bonds is 2. The van der Waals surface area contributed by atoms with Gasteiger partial charge in [0.25, 0.3) is 6.01 Å². The Balaban J connectivity index is 1.78. The molecule has 0 bridgehead atoms. The van der Waals surface area contributed by atoms with E-state index < -0.39 is 0 Å². The smallest absolute Gasteiger partial charge is 0.295 e. The van der Waals surface area contributed by atoms with Crippen molar-refractivity contribution in [2.75, 3.05) is 5.32 Å². The second kappa shape index (κ2) is 4.98. The molecule has 1 aromatic heterocycles. The molecule has 2 atom stereocenters. The second-order valence-electron chi connectivity index (χ2n) is 4.94. The van der Waals surface area contributed by atoms with E-state index in [1.54, 1.807) is 0 Å². The molecule has 1 heterocycles. The van der Waals surface area contributed by atoms with Gasteiger partial charge in [-0.05, 0) is 25.0 Å². The molecule has 1 aromatic carbocycles. The number of fused-ring (bicyclic) bond motifs is 1. The fourth-order valence-electron chi connectivity index (χ4n) is 2.55. The van der Waals surface area contributed by atoms with Crippen molar-refractivity contribution in [3.8, 4) is 0 Å². The van der Waals surface area contributed by atoms with Crippen LogP contribution in [0.3, 0.4) is 0 Å². The number of para-hydroxylation sites is 2. The molecule has 18 heavy (non-hydrogen) atoms. The van der Waals surface area contributed by atoms with Gasteiger partial charge in [-0.25, -0.2) is 0 Å². The zero-order valence-electron chi connectivity index (χ0n) is 10.3. The molecular formula is C14H18N2O2. The highest BCUT2D eigenvalue weighted by atomic mass is 16.4. The molecule has 2 unspecified atom stereocenters. The largest absolute Gasteiger partial charge is 0.424 e. The number of hydrogen-bond donors (Lipinski definition) is 2. The summed E-state index contributed by atoms with van der Waals surface area (Å²) in [5, 5.41) is 13.3. The third-order valence-electron chi connectivity index (χ3n) is 3.58. The zero-order valence-corrected chi connectivity index (χ0v) is 10.3. The predicted molar refractivity (Wildman–Crippen MR) is 70.5 cm³/mol. The number of aliphatic hydroxyl groups excluding tert-OH is 1. The Morgan fingerprint density at radius 1 is 1.17 bits per heavy atom. The van der Waals surface area contributed by atoms with Crippen LogP contribution in [-0.2, 0) is 0 Å². The molecule has 0 aliphatic heterocycles. The van der Waals surface area contributed by atoms with Crippen LogP contribution in [0.5, 0.6) is 0 Å². The lowest BCUT2D eigenvalue weighted by atomic mass is 10.1. The zero-order chi connectivity index (χ0) is 12.4. The summed E-state index contributed by atoms with van der Waals surface area (Å²) >= 11 is 0. The normalized spacial score (nSPS) is 24.9. The summed E-state index contributed by atoms with van der Waals surface area (Å²) in [6.45, 7) is 0. The van der Waals surface area contributed by atoms with E-state index in [1.165, 1.54) is 6.42 Å². The highest BCUT2D eigenvalue weighted by Gasteiger charge is 2.22. The number of anilines is 1. The number of oxazole rings is 1. The fourth-order valence-corrected chi connectivity index (χ4v) is 2.55. The molecule has 2 aromatic rings. The van der Waals surface area contributed by atoms with Crippen LogP contribution >= 0.6 is 0 Å². The van der Waals surface area contributed by atoms with E-state index in [2.05, 4.69) is 10.3 Å². The first kappa shape index (κ1) is 11.5. The third-order valence-corrected chi connectivity index (χ3v) is 3.58.